The van der Waals surface area contributed by atoms with Crippen LogP contribution in [-0.2, 0) is 0 Å². The molecule has 0 atom stereocenters. The summed E-state index contributed by atoms with van der Waals surface area (Å²) in [4.78, 5) is 9.35. The van der Waals surface area contributed by atoms with Gasteiger partial charge < -0.3 is 10.1 Å². The summed E-state index contributed by atoms with van der Waals surface area (Å²) in [5, 5.41) is 3.24. The van der Waals surface area contributed by atoms with Crippen molar-refractivity contribution in [1.29, 1.82) is 0 Å². The number of hydrogen-bond acceptors (Lipinski definition) is 5. The lowest BCUT2D eigenvalue weighted by Crippen LogP contribution is -2.06. The molecule has 0 saturated carbocycles. The zero-order valence-electron chi connectivity index (χ0n) is 10.2. The third-order valence-corrected chi connectivity index (χ3v) is 3.28. The second-order valence-corrected chi connectivity index (χ2v) is 4.70. The van der Waals surface area contributed by atoms with E-state index in [0.29, 0.717) is 5.88 Å². The van der Waals surface area contributed by atoms with Gasteiger partial charge in [-0.3, -0.25) is 0 Å². The molecule has 0 bridgehead atoms. The van der Waals surface area contributed by atoms with Crippen molar-refractivity contribution in [1.82, 2.24) is 9.97 Å². The Hall–Kier alpha value is -1.75. The van der Waals surface area contributed by atoms with Crippen LogP contribution in [0.4, 0.5) is 5.82 Å². The van der Waals surface area contributed by atoms with E-state index in [-0.39, 0.29) is 0 Å². The third-order valence-electron chi connectivity index (χ3n) is 2.27. The number of hydrogen-bond donors (Lipinski definition) is 1. The third kappa shape index (κ3) is 3.92. The Morgan fingerprint density at radius 1 is 1.22 bits per heavy atom. The Balaban J connectivity index is 1.75. The summed E-state index contributed by atoms with van der Waals surface area (Å²) in [5.41, 5.74) is 0. The van der Waals surface area contributed by atoms with Gasteiger partial charge in [-0.15, -0.1) is 11.8 Å². The van der Waals surface area contributed by atoms with E-state index in [1.54, 1.807) is 13.2 Å². The van der Waals surface area contributed by atoms with Crippen LogP contribution in [0.1, 0.15) is 0 Å². The van der Waals surface area contributed by atoms with Gasteiger partial charge in [-0.1, -0.05) is 18.2 Å². The molecule has 0 aliphatic carbocycles. The predicted molar refractivity (Wildman–Crippen MR) is 74.2 cm³/mol. The zero-order valence-corrected chi connectivity index (χ0v) is 11.0. The van der Waals surface area contributed by atoms with Gasteiger partial charge in [0.05, 0.1) is 7.11 Å². The number of aromatic nitrogens is 2. The second-order valence-electron chi connectivity index (χ2n) is 3.53. The fourth-order valence-corrected chi connectivity index (χ4v) is 2.20. The number of benzene rings is 1. The molecule has 1 aromatic heterocycles. The van der Waals surface area contributed by atoms with Crippen molar-refractivity contribution in [2.75, 3.05) is 24.7 Å². The molecule has 0 fully saturated rings. The molecule has 0 spiro atoms. The number of ether oxygens (including phenoxy) is 1. The first-order chi connectivity index (χ1) is 8.88. The SMILES string of the molecule is COc1cc(NCCSc2ccccc2)ncn1. The predicted octanol–water partition coefficient (Wildman–Crippen LogP) is 2.69. The molecule has 0 unspecified atom stereocenters. The summed E-state index contributed by atoms with van der Waals surface area (Å²) in [6.07, 6.45) is 1.49. The molecule has 2 aromatic rings. The Bertz CT molecular complexity index is 479. The average Bonchev–Trinajstić information content (AvgIpc) is 2.45. The normalized spacial score (nSPS) is 10.1. The monoisotopic (exact) mass is 261 g/mol. The Morgan fingerprint density at radius 2 is 2.06 bits per heavy atom. The standard InChI is InChI=1S/C13H15N3OS/c1-17-13-9-12(15-10-16-13)14-7-8-18-11-5-3-2-4-6-11/h2-6,9-10H,7-8H2,1H3,(H,14,15,16). The highest BCUT2D eigenvalue weighted by Crippen LogP contribution is 2.16. The highest BCUT2D eigenvalue weighted by atomic mass is 32.2. The lowest BCUT2D eigenvalue weighted by Gasteiger charge is -2.06. The number of methoxy groups -OCH3 is 1. The quantitative estimate of drug-likeness (QED) is 0.640. The van der Waals surface area contributed by atoms with E-state index in [2.05, 4.69) is 27.4 Å². The summed E-state index contributed by atoms with van der Waals surface area (Å²) in [6.45, 7) is 0.847. The van der Waals surface area contributed by atoms with E-state index in [9.17, 15) is 0 Å². The van der Waals surface area contributed by atoms with Gasteiger partial charge in [0, 0.05) is 23.3 Å². The van der Waals surface area contributed by atoms with Crippen LogP contribution in [0.5, 0.6) is 5.88 Å². The topological polar surface area (TPSA) is 47.0 Å². The van der Waals surface area contributed by atoms with Gasteiger partial charge in [0.1, 0.15) is 12.1 Å². The number of rotatable bonds is 6. The van der Waals surface area contributed by atoms with Crippen LogP contribution >= 0.6 is 11.8 Å². The summed E-state index contributed by atoms with van der Waals surface area (Å²) < 4.78 is 5.03. The molecule has 0 amide bonds. The fraction of sp³-hybridized carbons (Fsp3) is 0.231. The highest BCUT2D eigenvalue weighted by molar-refractivity contribution is 7.99. The summed E-state index contributed by atoms with van der Waals surface area (Å²) >= 11 is 1.81. The molecule has 1 N–H and O–H groups in total. The average molecular weight is 261 g/mol. The molecule has 0 radical (unpaired) electrons. The maximum atomic E-state index is 5.03. The van der Waals surface area contributed by atoms with Crippen molar-refractivity contribution in [2.24, 2.45) is 0 Å². The largest absolute Gasteiger partial charge is 0.481 e. The molecule has 18 heavy (non-hydrogen) atoms. The molecular formula is C13H15N3OS. The number of anilines is 1. The molecule has 0 aliphatic heterocycles. The minimum absolute atomic E-state index is 0.572. The highest BCUT2D eigenvalue weighted by Gasteiger charge is 1.98. The van der Waals surface area contributed by atoms with Gasteiger partial charge in [-0.25, -0.2) is 9.97 Å². The minimum atomic E-state index is 0.572. The Labute approximate surface area is 111 Å². The smallest absolute Gasteiger partial charge is 0.218 e. The molecule has 0 saturated heterocycles. The first-order valence-corrected chi connectivity index (χ1v) is 6.65. The van der Waals surface area contributed by atoms with Crippen LogP contribution in [0, 0.1) is 0 Å². The summed E-state index contributed by atoms with van der Waals surface area (Å²) in [5.74, 6) is 2.34. The maximum absolute atomic E-state index is 5.03. The zero-order chi connectivity index (χ0) is 12.6. The van der Waals surface area contributed by atoms with Crippen LogP contribution in [0.2, 0.25) is 0 Å². The second kappa shape index (κ2) is 6.86. The molecule has 4 nitrogen and oxygen atoms in total. The molecule has 0 aliphatic rings. The molecular weight excluding hydrogens is 246 g/mol. The van der Waals surface area contributed by atoms with Crippen molar-refractivity contribution in [3.8, 4) is 5.88 Å². The molecule has 1 aromatic carbocycles. The summed E-state index contributed by atoms with van der Waals surface area (Å²) in [7, 11) is 1.59. The van der Waals surface area contributed by atoms with E-state index in [0.717, 1.165) is 18.1 Å². The summed E-state index contributed by atoms with van der Waals surface area (Å²) in [6, 6.07) is 12.1. The van der Waals surface area contributed by atoms with Crippen molar-refractivity contribution in [2.45, 2.75) is 4.90 Å². The molecule has 2 rings (SSSR count). The van der Waals surface area contributed by atoms with Crippen LogP contribution in [0.15, 0.2) is 47.6 Å². The number of thioether (sulfide) groups is 1. The van der Waals surface area contributed by atoms with Crippen molar-refractivity contribution in [3.63, 3.8) is 0 Å². The molecule has 94 valence electrons. The van der Waals surface area contributed by atoms with E-state index >= 15 is 0 Å². The lowest BCUT2D eigenvalue weighted by molar-refractivity contribution is 0.397. The van der Waals surface area contributed by atoms with Gasteiger partial charge in [0.2, 0.25) is 5.88 Å². The van der Waals surface area contributed by atoms with Crippen LogP contribution < -0.4 is 10.1 Å². The first-order valence-electron chi connectivity index (χ1n) is 5.66. The van der Waals surface area contributed by atoms with E-state index in [1.165, 1.54) is 11.2 Å². The molecule has 5 heteroatoms. The van der Waals surface area contributed by atoms with Crippen LogP contribution in [-0.4, -0.2) is 29.4 Å². The maximum Gasteiger partial charge on any atom is 0.218 e. The van der Waals surface area contributed by atoms with Crippen molar-refractivity contribution < 1.29 is 4.74 Å². The van der Waals surface area contributed by atoms with Gasteiger partial charge >= 0.3 is 0 Å². The Kier molecular flexibility index (Phi) is 4.84. The fourth-order valence-electron chi connectivity index (χ4n) is 1.41. The van der Waals surface area contributed by atoms with Gasteiger partial charge in [0.15, 0.2) is 0 Å². The number of nitrogens with zero attached hydrogens (tertiary/aromatic N) is 2. The van der Waals surface area contributed by atoms with Crippen molar-refractivity contribution in [3.05, 3.63) is 42.7 Å². The first kappa shape index (κ1) is 12.7. The van der Waals surface area contributed by atoms with E-state index in [4.69, 9.17) is 4.74 Å². The van der Waals surface area contributed by atoms with E-state index < -0.39 is 0 Å². The van der Waals surface area contributed by atoms with Crippen LogP contribution in [0.25, 0.3) is 0 Å². The van der Waals surface area contributed by atoms with Gasteiger partial charge in [-0.05, 0) is 12.1 Å². The Morgan fingerprint density at radius 3 is 2.83 bits per heavy atom. The van der Waals surface area contributed by atoms with Gasteiger partial charge in [-0.2, -0.15) is 0 Å². The van der Waals surface area contributed by atoms with Gasteiger partial charge in [0.25, 0.3) is 0 Å². The minimum Gasteiger partial charge on any atom is -0.481 e. The van der Waals surface area contributed by atoms with Crippen molar-refractivity contribution >= 4 is 17.6 Å². The van der Waals surface area contributed by atoms with Crippen LogP contribution in [0.3, 0.4) is 0 Å². The van der Waals surface area contributed by atoms with E-state index in [1.807, 2.05) is 30.0 Å². The molecule has 1 heterocycles. The number of nitrogens with one attached hydrogen (secondary N) is 1. The lowest BCUT2D eigenvalue weighted by atomic mass is 10.4.